The number of aromatic nitrogens is 4. The van der Waals surface area contributed by atoms with Gasteiger partial charge in [-0.05, 0) is 66.8 Å². The third-order valence-corrected chi connectivity index (χ3v) is 11.5. The molecule has 0 aliphatic carbocycles. The van der Waals surface area contributed by atoms with Gasteiger partial charge >= 0.3 is 17.1 Å². The van der Waals surface area contributed by atoms with Gasteiger partial charge in [0, 0.05) is 83.2 Å². The monoisotopic (exact) mass is 1080 g/mol. The van der Waals surface area contributed by atoms with Gasteiger partial charge in [-0.15, -0.1) is 11.4 Å². The maximum atomic E-state index is 5.58. The van der Waals surface area contributed by atoms with Crippen LogP contribution in [0.5, 0.6) is 0 Å². The molecule has 9 heterocycles. The minimum absolute atomic E-state index is 0. The van der Waals surface area contributed by atoms with Gasteiger partial charge in [-0.25, -0.2) is 15.0 Å². The van der Waals surface area contributed by atoms with Crippen molar-refractivity contribution in [3.8, 4) is 0 Å². The molecule has 18 heteroatoms. The van der Waals surface area contributed by atoms with Gasteiger partial charge < -0.3 is 90.9 Å². The second kappa shape index (κ2) is 28.2. The van der Waals surface area contributed by atoms with E-state index in [4.69, 9.17) is 38.9 Å². The zero-order valence-electron chi connectivity index (χ0n) is 39.0. The van der Waals surface area contributed by atoms with Gasteiger partial charge in [0.05, 0.1) is 63.2 Å². The smallest absolute Gasteiger partial charge is 1.00 e. The largest absolute Gasteiger partial charge is 3.00 e. The molecule has 4 aromatic rings. The second-order valence-electron chi connectivity index (χ2n) is 15.5. The van der Waals surface area contributed by atoms with Crippen LogP contribution in [0.3, 0.4) is 0 Å². The Hall–Kier alpha value is -4.99. The van der Waals surface area contributed by atoms with E-state index in [1.165, 1.54) is 0 Å². The molecule has 0 atom stereocenters. The molecule has 0 aromatic carbocycles. The number of hydrogen-bond donors (Lipinski definition) is 0. The topological polar surface area (TPSA) is 103 Å². The summed E-state index contributed by atoms with van der Waals surface area (Å²) in [6.45, 7) is 4.74. The number of pyridine rings is 3. The minimum atomic E-state index is 0. The molecule has 0 fully saturated rings. The van der Waals surface area contributed by atoms with Gasteiger partial charge in [-0.1, -0.05) is 18.2 Å². The standard InChI is InChI=1S/C52H52N8O4.5ClH.Mn/c1-61-33-29-57-25-9-5-13-45(57)49-37-17-19-39(53-37)50(46-14-6-10-26-58(46)30-34-62-2)41-21-23-43(55-41)52(48-16-8-12-28-60(48)32-36-64-4)44-24-22-42(56-44)51(40-20-18-38(49)54-40)47-15-7-11-27-59(47)31-35-63-3;;;;;;/h5-28H,29-36H2,1-4H3;5*1H;/q+2;;;;;;+3/p-5. The predicted molar refractivity (Wildman–Crippen MR) is 248 cm³/mol. The average molecular weight is 1090 g/mol. The number of rotatable bonds is 15. The van der Waals surface area contributed by atoms with Gasteiger partial charge in [0.1, 0.15) is 19.8 Å². The van der Waals surface area contributed by atoms with E-state index in [2.05, 4.69) is 141 Å². The molecule has 12 nitrogen and oxygen atoms in total. The third kappa shape index (κ3) is 12.5. The van der Waals surface area contributed by atoms with Gasteiger partial charge in [-0.2, -0.15) is 13.7 Å². The van der Waals surface area contributed by atoms with Crippen LogP contribution in [0.1, 0.15) is 28.5 Å². The molecule has 0 saturated carbocycles. The molecular weight excluding hydrogens is 1030 g/mol. The Bertz CT molecular complexity index is 2880. The van der Waals surface area contributed by atoms with E-state index >= 15 is 0 Å². The van der Waals surface area contributed by atoms with Crippen LogP contribution in [0.15, 0.2) is 190 Å². The summed E-state index contributed by atoms with van der Waals surface area (Å²) in [4.78, 5) is 24.3. The Morgan fingerprint density at radius 2 is 0.857 bits per heavy atom. The SMILES string of the molecule is COCCN1C=CC=C/C1=C1/C2=NC(=C(c3cccc[n+]3CCOC)C3=NC(=C(c4cccc[n+]4CCOC)c4ccc([n-]4)C(c4cccc[n+]4CCOC)=C4C=CC1=N4)C=C3)C=C2.[Cl-].[Cl-].[Cl-].[Cl-].[Cl-].[Mn+3]. The van der Waals surface area contributed by atoms with Crippen LogP contribution >= 0.6 is 0 Å². The van der Waals surface area contributed by atoms with Crippen molar-refractivity contribution < 1.29 is 112 Å². The van der Waals surface area contributed by atoms with Crippen molar-refractivity contribution in [1.82, 2.24) is 9.88 Å². The number of fused-ring (bicyclic) bond motifs is 5. The minimum Gasteiger partial charge on any atom is -1.00 e. The first-order valence-corrected chi connectivity index (χ1v) is 21.6. The maximum absolute atomic E-state index is 5.58. The van der Waals surface area contributed by atoms with Gasteiger partial charge in [0.25, 0.3) is 0 Å². The Kier molecular flexibility index (Phi) is 23.9. The van der Waals surface area contributed by atoms with Gasteiger partial charge in [0.15, 0.2) is 38.2 Å². The van der Waals surface area contributed by atoms with Crippen molar-refractivity contribution in [2.45, 2.75) is 19.6 Å². The fourth-order valence-corrected chi connectivity index (χ4v) is 8.49. The van der Waals surface area contributed by atoms with E-state index in [9.17, 15) is 0 Å². The second-order valence-corrected chi connectivity index (χ2v) is 15.5. The van der Waals surface area contributed by atoms with Crippen LogP contribution in [0.2, 0.25) is 0 Å². The fraction of sp³-hybridized carbons (Fsp3) is 0.231. The predicted octanol–water partition coefficient (Wildman–Crippen LogP) is -9.27. The van der Waals surface area contributed by atoms with Crippen LogP contribution in [0.25, 0.3) is 16.7 Å². The van der Waals surface area contributed by atoms with Crippen LogP contribution in [-0.4, -0.2) is 83.4 Å². The molecule has 0 saturated heterocycles. The quantitative estimate of drug-likeness (QED) is 0.0868. The van der Waals surface area contributed by atoms with E-state index in [0.29, 0.717) is 52.6 Å². The molecule has 8 bridgehead atoms. The van der Waals surface area contributed by atoms with Crippen molar-refractivity contribution in [2.24, 2.45) is 15.0 Å². The fourth-order valence-electron chi connectivity index (χ4n) is 8.49. The van der Waals surface area contributed by atoms with Crippen molar-refractivity contribution in [2.75, 3.05) is 61.4 Å². The summed E-state index contributed by atoms with van der Waals surface area (Å²) in [6.07, 6.45) is 27.2. The number of aliphatic imine (C=N–C) groups is 3. The van der Waals surface area contributed by atoms with E-state index in [1.54, 1.807) is 28.4 Å². The molecule has 5 aliphatic heterocycles. The Morgan fingerprint density at radius 3 is 1.29 bits per heavy atom. The zero-order valence-corrected chi connectivity index (χ0v) is 44.0. The Labute approximate surface area is 451 Å². The van der Waals surface area contributed by atoms with Gasteiger partial charge in [-0.3, -0.25) is 0 Å². The van der Waals surface area contributed by atoms with E-state index in [1.807, 2.05) is 24.3 Å². The number of halogens is 5. The first-order chi connectivity index (χ1) is 31.6. The maximum Gasteiger partial charge on any atom is 3.00 e. The summed E-state index contributed by atoms with van der Waals surface area (Å²) in [6, 6.07) is 22.9. The molecule has 70 heavy (non-hydrogen) atoms. The van der Waals surface area contributed by atoms with Crippen LogP contribution in [0, 0.1) is 0 Å². The average Bonchev–Trinajstić information content (AvgIpc) is 4.19. The normalized spacial score (nSPS) is 16.2. The molecule has 0 radical (unpaired) electrons. The van der Waals surface area contributed by atoms with Crippen molar-refractivity contribution in [3.63, 3.8) is 0 Å². The molecule has 4 aromatic heterocycles. The van der Waals surface area contributed by atoms with E-state index in [0.717, 1.165) is 90.7 Å². The number of nitrogens with zero attached hydrogens (tertiary/aromatic N) is 8. The van der Waals surface area contributed by atoms with Crippen molar-refractivity contribution in [1.29, 1.82) is 0 Å². The first kappa shape index (κ1) is 59.3. The zero-order chi connectivity index (χ0) is 43.8. The van der Waals surface area contributed by atoms with E-state index < -0.39 is 0 Å². The summed E-state index contributed by atoms with van der Waals surface area (Å²) in [7, 11) is 6.91. The molecule has 0 spiro atoms. The summed E-state index contributed by atoms with van der Waals surface area (Å²) in [5.74, 6) is 0. The van der Waals surface area contributed by atoms with Crippen LogP contribution < -0.4 is 80.7 Å². The summed E-state index contributed by atoms with van der Waals surface area (Å²) in [5, 5.41) is 0. The summed E-state index contributed by atoms with van der Waals surface area (Å²) < 4.78 is 28.9. The van der Waals surface area contributed by atoms with Crippen LogP contribution in [-0.2, 0) is 55.7 Å². The molecule has 0 unspecified atom stereocenters. The Morgan fingerprint density at radius 1 is 0.457 bits per heavy atom. The summed E-state index contributed by atoms with van der Waals surface area (Å²) >= 11 is 0. The van der Waals surface area contributed by atoms with Gasteiger partial charge in [0.2, 0.25) is 17.1 Å². The number of methoxy groups -OCH3 is 4. The molecular formula is C52H52Cl5MnN8O4. The number of hydrogen-bond acceptors (Lipinski definition) is 8. The van der Waals surface area contributed by atoms with Crippen molar-refractivity contribution in [3.05, 3.63) is 203 Å². The number of allylic oxidation sites excluding steroid dienone is 11. The third-order valence-electron chi connectivity index (χ3n) is 11.5. The molecule has 0 amide bonds. The Balaban J connectivity index is 0.00000216. The van der Waals surface area contributed by atoms with Crippen LogP contribution in [0.4, 0.5) is 0 Å². The van der Waals surface area contributed by atoms with E-state index in [-0.39, 0.29) is 79.1 Å². The first-order valence-electron chi connectivity index (χ1n) is 21.6. The molecule has 9 rings (SSSR count). The summed E-state index contributed by atoms with van der Waals surface area (Å²) in [5.41, 5.74) is 13.7. The molecule has 366 valence electrons. The molecule has 5 aliphatic rings. The molecule has 0 N–H and O–H groups in total. The van der Waals surface area contributed by atoms with Crippen molar-refractivity contribution >= 4 is 33.9 Å². The number of ether oxygens (including phenoxy) is 4.